The van der Waals surface area contributed by atoms with Gasteiger partial charge in [0, 0.05) is 11.4 Å². The summed E-state index contributed by atoms with van der Waals surface area (Å²) in [5.74, 6) is -2.02. The monoisotopic (exact) mass is 367 g/mol. The summed E-state index contributed by atoms with van der Waals surface area (Å²) in [6.45, 7) is 0.427. The van der Waals surface area contributed by atoms with Crippen LogP contribution in [0, 0.1) is 0 Å². The number of esters is 2. The number of rotatable bonds is 5. The molecular formula is C18H19F2NO5. The lowest BCUT2D eigenvalue weighted by atomic mass is 9.80. The molecule has 2 rings (SSSR count). The summed E-state index contributed by atoms with van der Waals surface area (Å²) in [7, 11) is 2.48. The summed E-state index contributed by atoms with van der Waals surface area (Å²) in [4.78, 5) is 24.6. The fourth-order valence-electron chi connectivity index (χ4n) is 2.93. The number of carbonyl (C=O) groups excluding carboxylic acids is 2. The van der Waals surface area contributed by atoms with Crippen molar-refractivity contribution in [1.82, 2.24) is 5.32 Å². The van der Waals surface area contributed by atoms with Crippen LogP contribution >= 0.6 is 0 Å². The molecular weight excluding hydrogens is 348 g/mol. The lowest BCUT2D eigenvalue weighted by Gasteiger charge is -2.30. The minimum Gasteiger partial charge on any atom is -0.466 e. The highest BCUT2D eigenvalue weighted by Gasteiger charge is 2.37. The Labute approximate surface area is 149 Å². The van der Waals surface area contributed by atoms with Crippen molar-refractivity contribution in [1.29, 1.82) is 0 Å². The topological polar surface area (TPSA) is 73.9 Å². The molecule has 0 amide bonds. The number of methoxy groups -OCH3 is 2. The first-order valence-electron chi connectivity index (χ1n) is 7.70. The maximum Gasteiger partial charge on any atom is 0.387 e. The number of carbonyl (C=O) groups is 2. The first-order chi connectivity index (χ1) is 12.3. The van der Waals surface area contributed by atoms with Crippen LogP contribution in [0.15, 0.2) is 46.8 Å². The van der Waals surface area contributed by atoms with E-state index in [4.69, 9.17) is 9.47 Å². The van der Waals surface area contributed by atoms with Crippen LogP contribution in [0.1, 0.15) is 25.3 Å². The van der Waals surface area contributed by atoms with E-state index in [1.807, 2.05) is 0 Å². The summed E-state index contributed by atoms with van der Waals surface area (Å²) < 4.78 is 38.7. The van der Waals surface area contributed by atoms with Gasteiger partial charge in [0.1, 0.15) is 5.75 Å². The average Bonchev–Trinajstić information content (AvgIpc) is 2.60. The number of allylic oxidation sites excluding steroid dienone is 2. The fraction of sp³-hybridized carbons (Fsp3) is 0.333. The number of ether oxygens (including phenoxy) is 3. The summed E-state index contributed by atoms with van der Waals surface area (Å²) in [5, 5.41) is 2.98. The number of halogens is 2. The van der Waals surface area contributed by atoms with Gasteiger partial charge in [-0.05, 0) is 31.5 Å². The first-order valence-corrected chi connectivity index (χ1v) is 7.70. The largest absolute Gasteiger partial charge is 0.466 e. The summed E-state index contributed by atoms with van der Waals surface area (Å²) >= 11 is 0. The molecule has 0 saturated heterocycles. The Balaban J connectivity index is 2.57. The normalized spacial score (nSPS) is 15.0. The van der Waals surface area contributed by atoms with E-state index < -0.39 is 24.5 Å². The molecule has 0 spiro atoms. The molecule has 1 aromatic carbocycles. The van der Waals surface area contributed by atoms with Gasteiger partial charge in [0.25, 0.3) is 0 Å². The molecule has 1 heterocycles. The molecule has 1 aliphatic heterocycles. The van der Waals surface area contributed by atoms with Crippen molar-refractivity contribution >= 4 is 11.9 Å². The van der Waals surface area contributed by atoms with Crippen LogP contribution in [0.4, 0.5) is 8.78 Å². The second-order valence-corrected chi connectivity index (χ2v) is 5.57. The zero-order valence-corrected chi connectivity index (χ0v) is 14.8. The van der Waals surface area contributed by atoms with Crippen molar-refractivity contribution in [3.63, 3.8) is 0 Å². The summed E-state index contributed by atoms with van der Waals surface area (Å²) in [6.07, 6.45) is 0. The van der Waals surface area contributed by atoms with E-state index in [1.54, 1.807) is 13.8 Å². The van der Waals surface area contributed by atoms with Gasteiger partial charge in [0.05, 0.1) is 31.3 Å². The third-order valence-electron chi connectivity index (χ3n) is 4.01. The Kier molecular flexibility index (Phi) is 5.97. The Hall–Kier alpha value is -2.90. The Morgan fingerprint density at radius 3 is 1.81 bits per heavy atom. The highest BCUT2D eigenvalue weighted by Crippen LogP contribution is 2.39. The maximum absolute atomic E-state index is 12.3. The lowest BCUT2D eigenvalue weighted by molar-refractivity contribution is -0.137. The van der Waals surface area contributed by atoms with Gasteiger partial charge in [0.2, 0.25) is 0 Å². The van der Waals surface area contributed by atoms with Gasteiger partial charge in [0.15, 0.2) is 0 Å². The number of benzene rings is 1. The van der Waals surface area contributed by atoms with Crippen LogP contribution in [0.5, 0.6) is 5.75 Å². The lowest BCUT2D eigenvalue weighted by Crippen LogP contribution is -2.32. The zero-order chi connectivity index (χ0) is 19.4. The third kappa shape index (κ3) is 3.84. The molecule has 140 valence electrons. The van der Waals surface area contributed by atoms with E-state index in [9.17, 15) is 18.4 Å². The highest BCUT2D eigenvalue weighted by molar-refractivity contribution is 5.99. The van der Waals surface area contributed by atoms with Gasteiger partial charge in [-0.3, -0.25) is 0 Å². The van der Waals surface area contributed by atoms with E-state index in [2.05, 4.69) is 10.1 Å². The minimum absolute atomic E-state index is 0.0293. The number of alkyl halides is 2. The standard InChI is InChI=1S/C18H19F2NO5/c1-9-13(16(22)24-3)15(14(10(2)21-9)17(23)25-4)11-5-7-12(8-6-11)26-18(19)20/h5-8,15,18,21H,1-4H3. The molecule has 0 fully saturated rings. The molecule has 0 atom stereocenters. The summed E-state index contributed by atoms with van der Waals surface area (Å²) in [6, 6.07) is 5.72. The van der Waals surface area contributed by atoms with Crippen molar-refractivity contribution < 1.29 is 32.6 Å². The number of hydrogen-bond donors (Lipinski definition) is 1. The quantitative estimate of drug-likeness (QED) is 0.807. The van der Waals surface area contributed by atoms with Crippen LogP contribution in [-0.2, 0) is 19.1 Å². The predicted octanol–water partition coefficient (Wildman–Crippen LogP) is 2.87. The van der Waals surface area contributed by atoms with Crippen LogP contribution in [0.3, 0.4) is 0 Å². The van der Waals surface area contributed by atoms with Gasteiger partial charge >= 0.3 is 18.6 Å². The van der Waals surface area contributed by atoms with Crippen molar-refractivity contribution in [3.05, 3.63) is 52.4 Å². The van der Waals surface area contributed by atoms with Gasteiger partial charge in [-0.2, -0.15) is 8.78 Å². The first kappa shape index (κ1) is 19.4. The molecule has 0 aromatic heterocycles. The van der Waals surface area contributed by atoms with Crippen LogP contribution in [0.2, 0.25) is 0 Å². The second kappa shape index (κ2) is 7.99. The molecule has 0 radical (unpaired) electrons. The number of nitrogens with one attached hydrogen (secondary N) is 1. The van der Waals surface area contributed by atoms with Gasteiger partial charge in [-0.1, -0.05) is 12.1 Å². The molecule has 1 aliphatic rings. The van der Waals surface area contributed by atoms with E-state index in [1.165, 1.54) is 38.5 Å². The minimum atomic E-state index is -2.94. The van der Waals surface area contributed by atoms with Crippen LogP contribution in [0.25, 0.3) is 0 Å². The molecule has 26 heavy (non-hydrogen) atoms. The van der Waals surface area contributed by atoms with Crippen LogP contribution in [-0.4, -0.2) is 32.8 Å². The second-order valence-electron chi connectivity index (χ2n) is 5.57. The van der Waals surface area contributed by atoms with Gasteiger partial charge < -0.3 is 19.5 Å². The average molecular weight is 367 g/mol. The third-order valence-corrected chi connectivity index (χ3v) is 4.01. The number of dihydropyridines is 1. The smallest absolute Gasteiger partial charge is 0.387 e. The Morgan fingerprint density at radius 2 is 1.42 bits per heavy atom. The van der Waals surface area contributed by atoms with Crippen molar-refractivity contribution in [3.8, 4) is 5.75 Å². The van der Waals surface area contributed by atoms with E-state index in [0.717, 1.165) is 0 Å². The maximum atomic E-state index is 12.3. The fourth-order valence-corrected chi connectivity index (χ4v) is 2.93. The molecule has 0 bridgehead atoms. The SMILES string of the molecule is COC(=O)C1=C(C)NC(C)=C(C(=O)OC)C1c1ccc(OC(F)F)cc1. The van der Waals surface area contributed by atoms with Crippen molar-refractivity contribution in [2.45, 2.75) is 26.4 Å². The van der Waals surface area contributed by atoms with Crippen molar-refractivity contribution in [2.75, 3.05) is 14.2 Å². The highest BCUT2D eigenvalue weighted by atomic mass is 19.3. The molecule has 6 nitrogen and oxygen atoms in total. The predicted molar refractivity (Wildman–Crippen MR) is 88.4 cm³/mol. The van der Waals surface area contributed by atoms with E-state index >= 15 is 0 Å². The molecule has 1 N–H and O–H groups in total. The number of hydrogen-bond acceptors (Lipinski definition) is 6. The van der Waals surface area contributed by atoms with Crippen molar-refractivity contribution in [2.24, 2.45) is 0 Å². The molecule has 0 unspecified atom stereocenters. The molecule has 0 saturated carbocycles. The van der Waals surface area contributed by atoms with Crippen LogP contribution < -0.4 is 10.1 Å². The zero-order valence-electron chi connectivity index (χ0n) is 14.8. The molecule has 1 aromatic rings. The summed E-state index contributed by atoms with van der Waals surface area (Å²) in [5.41, 5.74) is 2.06. The van der Waals surface area contributed by atoms with Gasteiger partial charge in [-0.25, -0.2) is 9.59 Å². The van der Waals surface area contributed by atoms with Gasteiger partial charge in [-0.15, -0.1) is 0 Å². The van der Waals surface area contributed by atoms with E-state index in [0.29, 0.717) is 17.0 Å². The Bertz CT molecular complexity index is 730. The molecule has 0 aliphatic carbocycles. The Morgan fingerprint density at radius 1 is 0.962 bits per heavy atom. The van der Waals surface area contributed by atoms with E-state index in [-0.39, 0.29) is 16.9 Å². The molecule has 8 heteroatoms.